The van der Waals surface area contributed by atoms with Gasteiger partial charge in [0.05, 0.1) is 13.0 Å². The summed E-state index contributed by atoms with van der Waals surface area (Å²) in [6, 6.07) is 0. The standard InChI is InChI=1S/C55H92O5/c1-4-7-10-13-16-19-22-25-28-30-33-36-39-42-45-48-54(56)59-52-53(51-58-50-47-44-41-38-35-32-27-24-21-18-15-12-9-6-3)60-55(57)49-46-43-40-37-34-31-29-26-23-20-17-14-11-8-5-2/h7,9-10,12,16,18-19,21,25,27-28,32-33,36,42,45,53H,4-6,8,11,13-15,17,20,22-24,26,29-31,34-35,37-41,43-44,46-52H2,1-3H3/b10-7-,12-9-,19-16-,21-18-,28-25-,32-27-,36-33-,45-42-. The first kappa shape index (κ1) is 56.8. The van der Waals surface area contributed by atoms with E-state index in [4.69, 9.17) is 14.2 Å². The lowest BCUT2D eigenvalue weighted by molar-refractivity contribution is -0.162. The van der Waals surface area contributed by atoms with Gasteiger partial charge in [0.25, 0.3) is 0 Å². The first-order valence-electron chi connectivity index (χ1n) is 24.8. The number of unbranched alkanes of at least 4 members (excludes halogenated alkanes) is 18. The summed E-state index contributed by atoms with van der Waals surface area (Å²) in [5.74, 6) is -0.557. The largest absolute Gasteiger partial charge is 0.461 e. The zero-order valence-electron chi connectivity index (χ0n) is 39.2. The van der Waals surface area contributed by atoms with E-state index in [9.17, 15) is 9.59 Å². The van der Waals surface area contributed by atoms with Gasteiger partial charge in [0.15, 0.2) is 6.10 Å². The lowest BCUT2D eigenvalue weighted by atomic mass is 10.0. The van der Waals surface area contributed by atoms with Gasteiger partial charge in [-0.25, -0.2) is 0 Å². The maximum atomic E-state index is 12.8. The molecule has 0 bridgehead atoms. The highest BCUT2D eigenvalue weighted by Crippen LogP contribution is 2.14. The molecular formula is C55H92O5. The predicted octanol–water partition coefficient (Wildman–Crippen LogP) is 16.7. The van der Waals surface area contributed by atoms with Gasteiger partial charge < -0.3 is 14.2 Å². The number of carbonyl (C=O) groups excluding carboxylic acids is 2. The summed E-state index contributed by atoms with van der Waals surface area (Å²) in [5, 5.41) is 0. The molecule has 0 radical (unpaired) electrons. The molecule has 0 saturated carbocycles. The number of ether oxygens (including phenoxy) is 3. The summed E-state index contributed by atoms with van der Waals surface area (Å²) in [4.78, 5) is 25.3. The highest BCUT2D eigenvalue weighted by atomic mass is 16.6. The molecule has 5 nitrogen and oxygen atoms in total. The number of esters is 2. The van der Waals surface area contributed by atoms with Gasteiger partial charge in [-0.15, -0.1) is 0 Å². The van der Waals surface area contributed by atoms with Crippen molar-refractivity contribution in [2.24, 2.45) is 0 Å². The molecule has 0 saturated heterocycles. The van der Waals surface area contributed by atoms with Crippen molar-refractivity contribution in [3.05, 3.63) is 97.2 Å². The van der Waals surface area contributed by atoms with Crippen LogP contribution in [0.1, 0.15) is 213 Å². The monoisotopic (exact) mass is 833 g/mol. The molecule has 1 unspecified atom stereocenters. The quantitative estimate of drug-likeness (QED) is 0.0348. The maximum absolute atomic E-state index is 12.8. The Labute approximate surface area is 371 Å². The summed E-state index contributed by atoms with van der Waals surface area (Å²) >= 11 is 0. The van der Waals surface area contributed by atoms with Crippen molar-refractivity contribution in [2.45, 2.75) is 219 Å². The normalized spacial score (nSPS) is 13.1. The van der Waals surface area contributed by atoms with E-state index in [1.54, 1.807) is 0 Å². The molecule has 0 heterocycles. The number of carbonyl (C=O) groups is 2. The molecule has 0 aliphatic carbocycles. The Hall–Kier alpha value is -3.18. The van der Waals surface area contributed by atoms with Gasteiger partial charge in [-0.2, -0.15) is 0 Å². The van der Waals surface area contributed by atoms with Crippen LogP contribution in [0.5, 0.6) is 0 Å². The third kappa shape index (κ3) is 47.5. The Morgan fingerprint density at radius 1 is 0.400 bits per heavy atom. The number of rotatable bonds is 44. The van der Waals surface area contributed by atoms with Crippen LogP contribution in [-0.2, 0) is 23.8 Å². The third-order valence-electron chi connectivity index (χ3n) is 10.1. The molecule has 0 fully saturated rings. The highest BCUT2D eigenvalue weighted by molar-refractivity contribution is 5.71. The molecule has 0 rings (SSSR count). The summed E-state index contributed by atoms with van der Waals surface area (Å²) in [7, 11) is 0. The van der Waals surface area contributed by atoms with Crippen molar-refractivity contribution in [2.75, 3.05) is 19.8 Å². The minimum absolute atomic E-state index is 0.0189. The van der Waals surface area contributed by atoms with Crippen LogP contribution >= 0.6 is 0 Å². The molecule has 60 heavy (non-hydrogen) atoms. The fourth-order valence-electron chi connectivity index (χ4n) is 6.54. The van der Waals surface area contributed by atoms with E-state index in [1.807, 2.05) is 12.2 Å². The lowest BCUT2D eigenvalue weighted by Crippen LogP contribution is -2.30. The SMILES string of the molecule is CC/C=C\C/C=C\C/C=C\C/C=C\C/C=C\CC(=O)OCC(COCCCCCC/C=C\C/C=C\C/C=C\CC)OC(=O)CCCCCCCCCCCCCCCCC. The van der Waals surface area contributed by atoms with Crippen molar-refractivity contribution in [1.82, 2.24) is 0 Å². The van der Waals surface area contributed by atoms with E-state index >= 15 is 0 Å². The molecular weight excluding hydrogens is 741 g/mol. The van der Waals surface area contributed by atoms with Crippen LogP contribution in [0.4, 0.5) is 0 Å². The average molecular weight is 833 g/mol. The Morgan fingerprint density at radius 2 is 0.800 bits per heavy atom. The second-order valence-corrected chi connectivity index (χ2v) is 16.0. The molecule has 0 aromatic heterocycles. The highest BCUT2D eigenvalue weighted by Gasteiger charge is 2.17. The van der Waals surface area contributed by atoms with Gasteiger partial charge >= 0.3 is 11.9 Å². The molecule has 0 spiro atoms. The van der Waals surface area contributed by atoms with Crippen molar-refractivity contribution in [1.29, 1.82) is 0 Å². The fourth-order valence-corrected chi connectivity index (χ4v) is 6.54. The zero-order chi connectivity index (χ0) is 43.5. The first-order chi connectivity index (χ1) is 29.6. The molecule has 1 atom stereocenters. The lowest BCUT2D eigenvalue weighted by Gasteiger charge is -2.18. The van der Waals surface area contributed by atoms with Crippen LogP contribution in [0.3, 0.4) is 0 Å². The fraction of sp³-hybridized carbons (Fsp3) is 0.673. The third-order valence-corrected chi connectivity index (χ3v) is 10.1. The van der Waals surface area contributed by atoms with Crippen LogP contribution in [-0.4, -0.2) is 37.9 Å². The van der Waals surface area contributed by atoms with Gasteiger partial charge in [-0.05, 0) is 77.0 Å². The summed E-state index contributed by atoms with van der Waals surface area (Å²) in [6.45, 7) is 7.45. The van der Waals surface area contributed by atoms with Gasteiger partial charge in [0.1, 0.15) is 6.61 Å². The minimum atomic E-state index is -0.590. The Kier molecular flexibility index (Phi) is 47.5. The maximum Gasteiger partial charge on any atom is 0.309 e. The van der Waals surface area contributed by atoms with Crippen LogP contribution in [0, 0.1) is 0 Å². The average Bonchev–Trinajstić information content (AvgIpc) is 3.25. The second-order valence-electron chi connectivity index (χ2n) is 16.0. The van der Waals surface area contributed by atoms with E-state index in [1.165, 1.54) is 83.5 Å². The molecule has 0 amide bonds. The molecule has 0 aliphatic heterocycles. The topological polar surface area (TPSA) is 61.8 Å². The number of hydrogen-bond donors (Lipinski definition) is 0. The molecule has 5 heteroatoms. The molecule has 0 N–H and O–H groups in total. The minimum Gasteiger partial charge on any atom is -0.461 e. The van der Waals surface area contributed by atoms with E-state index in [0.717, 1.165) is 96.3 Å². The number of allylic oxidation sites excluding steroid dienone is 15. The summed E-state index contributed by atoms with van der Waals surface area (Å²) in [5.41, 5.74) is 0. The Morgan fingerprint density at radius 3 is 1.28 bits per heavy atom. The van der Waals surface area contributed by atoms with Gasteiger partial charge in [0, 0.05) is 13.0 Å². The van der Waals surface area contributed by atoms with Crippen molar-refractivity contribution in [3.63, 3.8) is 0 Å². The van der Waals surface area contributed by atoms with Crippen molar-refractivity contribution >= 4 is 11.9 Å². The zero-order valence-corrected chi connectivity index (χ0v) is 39.2. The second kappa shape index (κ2) is 50.2. The van der Waals surface area contributed by atoms with Crippen molar-refractivity contribution < 1.29 is 23.8 Å². The van der Waals surface area contributed by atoms with Crippen molar-refractivity contribution in [3.8, 4) is 0 Å². The smallest absolute Gasteiger partial charge is 0.309 e. The van der Waals surface area contributed by atoms with E-state index in [2.05, 4.69) is 106 Å². The Balaban J connectivity index is 4.43. The predicted molar refractivity (Wildman–Crippen MR) is 260 cm³/mol. The van der Waals surface area contributed by atoms with Crippen LogP contribution in [0.2, 0.25) is 0 Å². The molecule has 0 aliphatic rings. The van der Waals surface area contributed by atoms with Gasteiger partial charge in [-0.1, -0.05) is 221 Å². The molecule has 0 aromatic carbocycles. The number of hydrogen-bond acceptors (Lipinski definition) is 5. The molecule has 342 valence electrons. The summed E-state index contributed by atoms with van der Waals surface area (Å²) in [6.07, 6.45) is 67.2. The van der Waals surface area contributed by atoms with Crippen LogP contribution in [0.15, 0.2) is 97.2 Å². The van der Waals surface area contributed by atoms with Gasteiger partial charge in [-0.3, -0.25) is 9.59 Å². The van der Waals surface area contributed by atoms with Crippen LogP contribution < -0.4 is 0 Å². The summed E-state index contributed by atoms with van der Waals surface area (Å²) < 4.78 is 17.2. The Bertz CT molecular complexity index is 1170. The van der Waals surface area contributed by atoms with Crippen LogP contribution in [0.25, 0.3) is 0 Å². The van der Waals surface area contributed by atoms with E-state index in [0.29, 0.717) is 13.0 Å². The van der Waals surface area contributed by atoms with E-state index < -0.39 is 6.10 Å². The first-order valence-corrected chi connectivity index (χ1v) is 24.8. The van der Waals surface area contributed by atoms with E-state index in [-0.39, 0.29) is 31.6 Å². The van der Waals surface area contributed by atoms with Gasteiger partial charge in [0.2, 0.25) is 0 Å². The molecule has 0 aromatic rings.